The van der Waals surface area contributed by atoms with E-state index in [0.29, 0.717) is 5.22 Å². The first kappa shape index (κ1) is 16.0. The van der Waals surface area contributed by atoms with Crippen LogP contribution in [0.2, 0.25) is 6.55 Å². The van der Waals surface area contributed by atoms with Crippen LogP contribution < -0.4 is 0 Å². The minimum Gasteiger partial charge on any atom is -0.379 e. The summed E-state index contributed by atoms with van der Waals surface area (Å²) in [6, 6.07) is 0. The van der Waals surface area contributed by atoms with E-state index in [1.165, 1.54) is 70.6 Å². The van der Waals surface area contributed by atoms with Gasteiger partial charge in [0.2, 0.25) is 0 Å². The number of hydrogen-bond acceptors (Lipinski definition) is 1. The largest absolute Gasteiger partial charge is 0.379 e. The summed E-state index contributed by atoms with van der Waals surface area (Å²) in [4.78, 5) is 0. The van der Waals surface area contributed by atoms with Gasteiger partial charge in [0.25, 0.3) is 0 Å². The quantitative estimate of drug-likeness (QED) is 0.324. The van der Waals surface area contributed by atoms with E-state index in [4.69, 9.17) is 4.74 Å². The van der Waals surface area contributed by atoms with E-state index in [9.17, 15) is 0 Å². The van der Waals surface area contributed by atoms with Crippen LogP contribution in [0.15, 0.2) is 12.7 Å². The van der Waals surface area contributed by atoms with Gasteiger partial charge < -0.3 is 4.74 Å². The molecule has 0 bridgehead atoms. The van der Waals surface area contributed by atoms with Crippen molar-refractivity contribution in [2.75, 3.05) is 6.61 Å². The Kier molecular flexibility index (Phi) is 8.69. The molecule has 0 saturated carbocycles. The monoisotopic (exact) mass is 268 g/mol. The van der Waals surface area contributed by atoms with Gasteiger partial charge in [0, 0.05) is 6.61 Å². The van der Waals surface area contributed by atoms with Gasteiger partial charge in [0.1, 0.15) is 0 Å². The summed E-state index contributed by atoms with van der Waals surface area (Å²) in [5, 5.41) is 0.390. The molecule has 0 N–H and O–H groups in total. The van der Waals surface area contributed by atoms with Crippen LogP contribution in [-0.4, -0.2) is 21.4 Å². The second-order valence-corrected chi connectivity index (χ2v) is 7.79. The third kappa shape index (κ3) is 6.19. The third-order valence-corrected chi connectivity index (χ3v) is 6.57. The normalized spacial score (nSPS) is 24.7. The van der Waals surface area contributed by atoms with E-state index < -0.39 is 0 Å². The molecule has 0 amide bonds. The van der Waals surface area contributed by atoms with Gasteiger partial charge >= 0.3 is 0 Å². The fourth-order valence-electron chi connectivity index (χ4n) is 3.01. The molecule has 0 aromatic carbocycles. The predicted octanol–water partition coefficient (Wildman–Crippen LogP) is 4.41. The molecule has 1 aliphatic heterocycles. The zero-order chi connectivity index (χ0) is 13.1. The Balaban J connectivity index is 2.00. The van der Waals surface area contributed by atoms with E-state index in [0.717, 1.165) is 6.61 Å². The van der Waals surface area contributed by atoms with E-state index in [-0.39, 0.29) is 9.52 Å². The molecule has 106 valence electrons. The van der Waals surface area contributed by atoms with Crippen LogP contribution >= 0.6 is 0 Å². The Morgan fingerprint density at radius 3 is 2.44 bits per heavy atom. The van der Waals surface area contributed by atoms with Gasteiger partial charge in [-0.2, -0.15) is 0 Å². The Morgan fingerprint density at radius 1 is 1.11 bits per heavy atom. The maximum atomic E-state index is 6.13. The Labute approximate surface area is 116 Å². The molecule has 0 radical (unpaired) electrons. The Hall–Kier alpha value is -0.0831. The average Bonchev–Trinajstić information content (AvgIpc) is 2.43. The second kappa shape index (κ2) is 9.80. The Morgan fingerprint density at radius 2 is 1.83 bits per heavy atom. The SMILES string of the molecule is C=CCCCCCCCCC1([SiH2]C)CCCCO1. The number of ether oxygens (including phenoxy) is 1. The standard InChI is InChI=1S/C16H32OSi/c1-3-4-5-6-7-8-9-10-13-16(18-2)14-11-12-15-17-16/h3H,1,4-15,18H2,2H3. The molecule has 0 aromatic heterocycles. The average molecular weight is 269 g/mol. The lowest BCUT2D eigenvalue weighted by molar-refractivity contribution is -0.0264. The number of hydrogen-bond donors (Lipinski definition) is 0. The lowest BCUT2D eigenvalue weighted by Gasteiger charge is -2.36. The van der Waals surface area contributed by atoms with Crippen molar-refractivity contribution in [3.8, 4) is 0 Å². The maximum absolute atomic E-state index is 6.13. The summed E-state index contributed by atoms with van der Waals surface area (Å²) in [7, 11) is -0.0227. The summed E-state index contributed by atoms with van der Waals surface area (Å²) in [6.07, 6.45) is 17.0. The van der Waals surface area contributed by atoms with Crippen molar-refractivity contribution < 1.29 is 4.74 Å². The molecule has 1 heterocycles. The summed E-state index contributed by atoms with van der Waals surface area (Å²) in [5.41, 5.74) is 0. The Bertz CT molecular complexity index is 209. The van der Waals surface area contributed by atoms with Gasteiger partial charge in [0.05, 0.1) is 14.7 Å². The molecule has 1 fully saturated rings. The smallest absolute Gasteiger partial charge is 0.0564 e. The molecule has 1 aliphatic rings. The topological polar surface area (TPSA) is 9.23 Å². The molecule has 0 spiro atoms. The van der Waals surface area contributed by atoms with Gasteiger partial charge in [-0.15, -0.1) is 6.58 Å². The van der Waals surface area contributed by atoms with Crippen LogP contribution in [0.5, 0.6) is 0 Å². The van der Waals surface area contributed by atoms with Crippen LogP contribution in [0.1, 0.15) is 70.6 Å². The zero-order valence-corrected chi connectivity index (χ0v) is 13.8. The van der Waals surface area contributed by atoms with E-state index in [1.807, 2.05) is 6.08 Å². The van der Waals surface area contributed by atoms with Crippen LogP contribution in [0, 0.1) is 0 Å². The lowest BCUT2D eigenvalue weighted by Crippen LogP contribution is -2.41. The fraction of sp³-hybridized carbons (Fsp3) is 0.875. The highest BCUT2D eigenvalue weighted by Crippen LogP contribution is 2.29. The van der Waals surface area contributed by atoms with Crippen molar-refractivity contribution >= 4 is 9.52 Å². The fourth-order valence-corrected chi connectivity index (χ4v) is 4.56. The summed E-state index contributed by atoms with van der Waals surface area (Å²) in [5.74, 6) is 0. The molecular formula is C16H32OSi. The summed E-state index contributed by atoms with van der Waals surface area (Å²) in [6.45, 7) is 7.23. The maximum Gasteiger partial charge on any atom is 0.0564 e. The van der Waals surface area contributed by atoms with E-state index >= 15 is 0 Å². The molecule has 0 aromatic rings. The first-order valence-corrected chi connectivity index (χ1v) is 10.2. The molecule has 1 saturated heterocycles. The minimum atomic E-state index is -0.0227. The predicted molar refractivity (Wildman–Crippen MR) is 84.1 cm³/mol. The van der Waals surface area contributed by atoms with Crippen LogP contribution in [0.4, 0.5) is 0 Å². The van der Waals surface area contributed by atoms with Crippen LogP contribution in [0.3, 0.4) is 0 Å². The summed E-state index contributed by atoms with van der Waals surface area (Å²) < 4.78 is 6.13. The second-order valence-electron chi connectivity index (χ2n) is 5.79. The molecule has 18 heavy (non-hydrogen) atoms. The van der Waals surface area contributed by atoms with Crippen molar-refractivity contribution in [1.29, 1.82) is 0 Å². The van der Waals surface area contributed by atoms with Crippen LogP contribution in [-0.2, 0) is 4.74 Å². The molecule has 1 nitrogen and oxygen atoms in total. The highest BCUT2D eigenvalue weighted by atomic mass is 28.2. The zero-order valence-electron chi connectivity index (χ0n) is 12.4. The highest BCUT2D eigenvalue weighted by Gasteiger charge is 2.30. The molecule has 1 atom stereocenters. The van der Waals surface area contributed by atoms with Gasteiger partial charge in [-0.1, -0.05) is 44.7 Å². The lowest BCUT2D eigenvalue weighted by atomic mass is 10.0. The van der Waals surface area contributed by atoms with Crippen molar-refractivity contribution in [3.63, 3.8) is 0 Å². The van der Waals surface area contributed by atoms with Crippen molar-refractivity contribution in [2.45, 2.75) is 82.4 Å². The first-order chi connectivity index (χ1) is 8.83. The number of rotatable bonds is 10. The molecule has 0 aliphatic carbocycles. The first-order valence-electron chi connectivity index (χ1n) is 8.08. The molecule has 2 heteroatoms. The number of unbranched alkanes of at least 4 members (excludes halogenated alkanes) is 6. The van der Waals surface area contributed by atoms with Crippen LogP contribution in [0.25, 0.3) is 0 Å². The van der Waals surface area contributed by atoms with E-state index in [1.54, 1.807) is 0 Å². The van der Waals surface area contributed by atoms with E-state index in [2.05, 4.69) is 13.1 Å². The van der Waals surface area contributed by atoms with Crippen molar-refractivity contribution in [1.82, 2.24) is 0 Å². The summed E-state index contributed by atoms with van der Waals surface area (Å²) >= 11 is 0. The molecule has 1 rings (SSSR count). The minimum absolute atomic E-state index is 0.0227. The molecule has 1 unspecified atom stereocenters. The number of allylic oxidation sites excluding steroid dienone is 1. The molecular weight excluding hydrogens is 236 g/mol. The highest BCUT2D eigenvalue weighted by molar-refractivity contribution is 6.37. The van der Waals surface area contributed by atoms with Gasteiger partial charge in [-0.25, -0.2) is 0 Å². The van der Waals surface area contributed by atoms with Crippen molar-refractivity contribution in [3.05, 3.63) is 12.7 Å². The van der Waals surface area contributed by atoms with Gasteiger partial charge in [-0.05, 0) is 38.5 Å². The van der Waals surface area contributed by atoms with Gasteiger partial charge in [0.15, 0.2) is 0 Å². The third-order valence-electron chi connectivity index (χ3n) is 4.37. The van der Waals surface area contributed by atoms with Crippen molar-refractivity contribution in [2.24, 2.45) is 0 Å². The van der Waals surface area contributed by atoms with Gasteiger partial charge in [-0.3, -0.25) is 0 Å².